The quantitative estimate of drug-likeness (QED) is 0.473. The lowest BCUT2D eigenvalue weighted by atomic mass is 10.1. The van der Waals surface area contributed by atoms with Crippen molar-refractivity contribution in [1.29, 1.82) is 0 Å². The normalized spacial score (nSPS) is 12.0. The van der Waals surface area contributed by atoms with Gasteiger partial charge in [0.2, 0.25) is 5.91 Å². The third kappa shape index (κ3) is 3.96. The molecule has 1 heterocycles. The van der Waals surface area contributed by atoms with Gasteiger partial charge >= 0.3 is 6.03 Å². The van der Waals surface area contributed by atoms with E-state index >= 15 is 0 Å². The van der Waals surface area contributed by atoms with E-state index in [-0.39, 0.29) is 12.5 Å². The maximum Gasteiger partial charge on any atom is 0.312 e. The Morgan fingerprint density at radius 3 is 2.67 bits per heavy atom. The van der Waals surface area contributed by atoms with Crippen molar-refractivity contribution >= 4 is 22.8 Å². The number of urea groups is 1. The molecule has 2 aromatic rings. The lowest BCUT2D eigenvalue weighted by molar-refractivity contribution is -0.122. The summed E-state index contributed by atoms with van der Waals surface area (Å²) in [5.41, 5.74) is 12.8. The minimum atomic E-state index is -0.641. The highest BCUT2D eigenvalue weighted by atomic mass is 16.2. The van der Waals surface area contributed by atoms with Gasteiger partial charge in [0.05, 0.1) is 6.04 Å². The fourth-order valence-electron chi connectivity index (χ4n) is 2.13. The molecule has 1 aromatic carbocycles. The Morgan fingerprint density at radius 2 is 1.90 bits per heavy atom. The lowest BCUT2D eigenvalue weighted by Crippen LogP contribution is -2.45. The third-order valence-electron chi connectivity index (χ3n) is 3.17. The van der Waals surface area contributed by atoms with Crippen molar-refractivity contribution < 1.29 is 9.59 Å². The van der Waals surface area contributed by atoms with Crippen LogP contribution in [0.2, 0.25) is 0 Å². The van der Waals surface area contributed by atoms with Crippen LogP contribution < -0.4 is 22.1 Å². The highest BCUT2D eigenvalue weighted by Crippen LogP contribution is 2.18. The van der Waals surface area contributed by atoms with Crippen LogP contribution >= 0.6 is 0 Å². The van der Waals surface area contributed by atoms with E-state index in [1.54, 1.807) is 0 Å². The first kappa shape index (κ1) is 14.9. The smallest absolute Gasteiger partial charge is 0.312 e. The van der Waals surface area contributed by atoms with Gasteiger partial charge in [-0.3, -0.25) is 4.79 Å². The predicted octanol–water partition coefficient (Wildman–Crippen LogP) is -0.178. The highest BCUT2D eigenvalue weighted by molar-refractivity contribution is 5.86. The van der Waals surface area contributed by atoms with Crippen molar-refractivity contribution in [1.82, 2.24) is 15.6 Å². The number of nitrogens with one attached hydrogen (secondary N) is 3. The molecule has 7 nitrogen and oxygen atoms in total. The second-order valence-electron chi connectivity index (χ2n) is 4.75. The van der Waals surface area contributed by atoms with Crippen LogP contribution in [0.15, 0.2) is 30.5 Å². The van der Waals surface area contributed by atoms with Crippen molar-refractivity contribution in [2.45, 2.75) is 12.5 Å². The van der Waals surface area contributed by atoms with Gasteiger partial charge in [-0.2, -0.15) is 0 Å². The second-order valence-corrected chi connectivity index (χ2v) is 4.75. The molecule has 1 unspecified atom stereocenters. The van der Waals surface area contributed by atoms with E-state index in [1.165, 1.54) is 0 Å². The molecule has 0 aliphatic carbocycles. The standard InChI is InChI=1S/C14H19N5O2/c15-11(13(20)17-5-6-18-14(16)21)7-9-8-19-12-4-2-1-3-10(9)12/h1-4,8,11,19H,5-7,15H2,(H,17,20)(H3,16,18,21). The van der Waals surface area contributed by atoms with E-state index in [1.807, 2.05) is 30.5 Å². The summed E-state index contributed by atoms with van der Waals surface area (Å²) < 4.78 is 0. The van der Waals surface area contributed by atoms with Gasteiger partial charge < -0.3 is 27.1 Å². The number of primary amides is 1. The van der Waals surface area contributed by atoms with E-state index in [9.17, 15) is 9.59 Å². The molecular formula is C14H19N5O2. The Balaban J connectivity index is 1.87. The van der Waals surface area contributed by atoms with Gasteiger partial charge in [0.1, 0.15) is 0 Å². The van der Waals surface area contributed by atoms with Crippen molar-refractivity contribution in [2.24, 2.45) is 11.5 Å². The fraction of sp³-hybridized carbons (Fsp3) is 0.286. The molecule has 1 atom stereocenters. The van der Waals surface area contributed by atoms with Crippen LogP contribution in [0, 0.1) is 0 Å². The van der Waals surface area contributed by atoms with Crippen LogP contribution in [-0.4, -0.2) is 36.1 Å². The van der Waals surface area contributed by atoms with Crippen LogP contribution in [0.25, 0.3) is 10.9 Å². The number of H-pyrrole nitrogens is 1. The summed E-state index contributed by atoms with van der Waals surface area (Å²) in [6, 6.07) is 6.59. The molecule has 2 rings (SSSR count). The van der Waals surface area contributed by atoms with Gasteiger partial charge in [-0.1, -0.05) is 18.2 Å². The van der Waals surface area contributed by atoms with Crippen molar-refractivity contribution in [3.8, 4) is 0 Å². The summed E-state index contributed by atoms with van der Waals surface area (Å²) in [4.78, 5) is 25.5. The first-order chi connectivity index (χ1) is 10.1. The minimum absolute atomic E-state index is 0.258. The molecule has 112 valence electrons. The number of aromatic amines is 1. The third-order valence-corrected chi connectivity index (χ3v) is 3.17. The molecule has 0 saturated carbocycles. The van der Waals surface area contributed by atoms with E-state index < -0.39 is 12.1 Å². The van der Waals surface area contributed by atoms with Crippen LogP contribution in [0.3, 0.4) is 0 Å². The number of para-hydroxylation sites is 1. The number of nitrogens with two attached hydrogens (primary N) is 2. The molecule has 0 aliphatic heterocycles. The summed E-state index contributed by atoms with van der Waals surface area (Å²) in [5.74, 6) is -0.258. The Bertz CT molecular complexity index is 637. The molecule has 7 N–H and O–H groups in total. The molecule has 0 saturated heterocycles. The number of amides is 3. The second kappa shape index (κ2) is 6.76. The van der Waals surface area contributed by atoms with E-state index in [2.05, 4.69) is 15.6 Å². The molecule has 21 heavy (non-hydrogen) atoms. The molecule has 7 heteroatoms. The van der Waals surface area contributed by atoms with Crippen molar-refractivity contribution in [2.75, 3.05) is 13.1 Å². The summed E-state index contributed by atoms with van der Waals surface area (Å²) in [5, 5.41) is 6.11. The Labute approximate surface area is 122 Å². The number of carbonyl (C=O) groups excluding carboxylic acids is 2. The Morgan fingerprint density at radius 1 is 1.19 bits per heavy atom. The van der Waals surface area contributed by atoms with Gasteiger partial charge in [0.15, 0.2) is 0 Å². The minimum Gasteiger partial charge on any atom is -0.361 e. The van der Waals surface area contributed by atoms with Crippen LogP contribution in [-0.2, 0) is 11.2 Å². The largest absolute Gasteiger partial charge is 0.361 e. The van der Waals surface area contributed by atoms with E-state index in [0.717, 1.165) is 16.5 Å². The van der Waals surface area contributed by atoms with Crippen LogP contribution in [0.5, 0.6) is 0 Å². The number of hydrogen-bond acceptors (Lipinski definition) is 3. The molecule has 0 radical (unpaired) electrons. The Kier molecular flexibility index (Phi) is 4.78. The first-order valence-corrected chi connectivity index (χ1v) is 6.69. The SMILES string of the molecule is NC(=O)NCCNC(=O)C(N)Cc1c[nH]c2ccccc12. The zero-order valence-electron chi connectivity index (χ0n) is 11.6. The zero-order chi connectivity index (χ0) is 15.2. The van der Waals surface area contributed by atoms with E-state index in [0.29, 0.717) is 13.0 Å². The molecular weight excluding hydrogens is 270 g/mol. The molecule has 1 aromatic heterocycles. The van der Waals surface area contributed by atoms with Gasteiger partial charge in [0, 0.05) is 30.2 Å². The number of aromatic nitrogens is 1. The predicted molar refractivity (Wildman–Crippen MR) is 80.6 cm³/mol. The molecule has 0 aliphatic rings. The average molecular weight is 289 g/mol. The first-order valence-electron chi connectivity index (χ1n) is 6.69. The number of fused-ring (bicyclic) bond motifs is 1. The Hall–Kier alpha value is -2.54. The van der Waals surface area contributed by atoms with E-state index in [4.69, 9.17) is 11.5 Å². The maximum absolute atomic E-state index is 11.9. The number of rotatable bonds is 6. The van der Waals surface area contributed by atoms with Crippen LogP contribution in [0.1, 0.15) is 5.56 Å². The fourth-order valence-corrected chi connectivity index (χ4v) is 2.13. The van der Waals surface area contributed by atoms with Gasteiger partial charge in [-0.15, -0.1) is 0 Å². The van der Waals surface area contributed by atoms with Gasteiger partial charge in [0.25, 0.3) is 0 Å². The summed E-state index contributed by atoms with van der Waals surface area (Å²) in [6.07, 6.45) is 2.31. The highest BCUT2D eigenvalue weighted by Gasteiger charge is 2.15. The topological polar surface area (TPSA) is 126 Å². The monoisotopic (exact) mass is 289 g/mol. The molecule has 0 fully saturated rings. The molecule has 0 bridgehead atoms. The summed E-state index contributed by atoms with van der Waals surface area (Å²) >= 11 is 0. The van der Waals surface area contributed by atoms with Crippen molar-refractivity contribution in [3.05, 3.63) is 36.0 Å². The average Bonchev–Trinajstić information content (AvgIpc) is 2.86. The maximum atomic E-state index is 11.9. The number of carbonyl (C=O) groups is 2. The summed E-state index contributed by atoms with van der Waals surface area (Å²) in [6.45, 7) is 0.574. The van der Waals surface area contributed by atoms with Gasteiger partial charge in [-0.05, 0) is 18.1 Å². The van der Waals surface area contributed by atoms with Crippen LogP contribution in [0.4, 0.5) is 4.79 Å². The number of hydrogen-bond donors (Lipinski definition) is 5. The number of benzene rings is 1. The van der Waals surface area contributed by atoms with Crippen molar-refractivity contribution in [3.63, 3.8) is 0 Å². The lowest BCUT2D eigenvalue weighted by Gasteiger charge is -2.12. The van der Waals surface area contributed by atoms with Gasteiger partial charge in [-0.25, -0.2) is 4.79 Å². The molecule has 3 amide bonds. The molecule has 0 spiro atoms. The zero-order valence-corrected chi connectivity index (χ0v) is 11.6. The summed E-state index contributed by atoms with van der Waals surface area (Å²) in [7, 11) is 0.